The van der Waals surface area contributed by atoms with Crippen LogP contribution in [0.2, 0.25) is 0 Å². The molecule has 1 aromatic rings. The van der Waals surface area contributed by atoms with E-state index in [1.54, 1.807) is 24.3 Å². The van der Waals surface area contributed by atoms with Crippen molar-refractivity contribution in [3.63, 3.8) is 0 Å². The number of piperidine rings is 1. The largest absolute Gasteiger partial charge is 0.343 e. The van der Waals surface area contributed by atoms with E-state index >= 15 is 0 Å². The molecule has 1 aliphatic heterocycles. The predicted molar refractivity (Wildman–Crippen MR) is 56.3 cm³/mol. The summed E-state index contributed by atoms with van der Waals surface area (Å²) in [7, 11) is 0. The number of nitrogens with zero attached hydrogens (tertiary/aromatic N) is 1. The molecule has 1 aromatic carbocycles. The molecule has 1 saturated heterocycles. The lowest BCUT2D eigenvalue weighted by Crippen LogP contribution is -2.39. The lowest BCUT2D eigenvalue weighted by Gasteiger charge is -2.22. The van der Waals surface area contributed by atoms with Gasteiger partial charge in [-0.1, -0.05) is 12.1 Å². The third-order valence-electron chi connectivity index (χ3n) is 2.66. The quantitative estimate of drug-likeness (QED) is 0.711. The summed E-state index contributed by atoms with van der Waals surface area (Å²) in [6, 6.07) is 8.94. The number of carbonyl (C=O) groups excluding carboxylic acids is 2. The van der Waals surface area contributed by atoms with E-state index in [1.807, 2.05) is 6.07 Å². The second-order valence-electron chi connectivity index (χ2n) is 3.72. The first-order chi connectivity index (χ1) is 7.70. The molecule has 1 unspecified atom stereocenters. The molecule has 0 aliphatic carbocycles. The number of hydrogen-bond acceptors (Lipinski definition) is 3. The number of nitriles is 1. The van der Waals surface area contributed by atoms with Gasteiger partial charge in [-0.3, -0.25) is 9.59 Å². The van der Waals surface area contributed by atoms with Crippen molar-refractivity contribution < 1.29 is 9.59 Å². The molecule has 0 saturated carbocycles. The number of carbonyl (C=O) groups is 2. The number of nitrogens with one attached hydrogen (secondary N) is 1. The van der Waals surface area contributed by atoms with Gasteiger partial charge in [0, 0.05) is 6.42 Å². The van der Waals surface area contributed by atoms with Gasteiger partial charge in [0.05, 0.1) is 17.7 Å². The molecule has 2 rings (SSSR count). The van der Waals surface area contributed by atoms with Gasteiger partial charge in [-0.2, -0.15) is 5.26 Å². The molecule has 1 atom stereocenters. The van der Waals surface area contributed by atoms with Crippen LogP contribution in [0.1, 0.15) is 30.0 Å². The first kappa shape index (κ1) is 10.4. The lowest BCUT2D eigenvalue weighted by atomic mass is 9.96. The van der Waals surface area contributed by atoms with Gasteiger partial charge in [0.25, 0.3) is 5.91 Å². The summed E-state index contributed by atoms with van der Waals surface area (Å²) in [4.78, 5) is 22.2. The third-order valence-corrected chi connectivity index (χ3v) is 2.66. The fourth-order valence-electron chi connectivity index (χ4n) is 1.74. The fourth-order valence-corrected chi connectivity index (χ4v) is 1.74. The molecule has 16 heavy (non-hydrogen) atoms. The van der Waals surface area contributed by atoms with Crippen LogP contribution in [-0.4, -0.2) is 11.7 Å². The predicted octanol–water partition coefficient (Wildman–Crippen LogP) is 1.08. The van der Waals surface area contributed by atoms with E-state index in [2.05, 4.69) is 5.32 Å². The zero-order valence-electron chi connectivity index (χ0n) is 8.56. The van der Waals surface area contributed by atoms with Crippen LogP contribution in [-0.2, 0) is 9.59 Å². The van der Waals surface area contributed by atoms with Crippen molar-refractivity contribution in [2.24, 2.45) is 0 Å². The summed E-state index contributed by atoms with van der Waals surface area (Å²) in [5, 5.41) is 11.3. The van der Waals surface area contributed by atoms with E-state index in [9.17, 15) is 9.59 Å². The van der Waals surface area contributed by atoms with Crippen molar-refractivity contribution in [3.8, 4) is 6.07 Å². The first-order valence-corrected chi connectivity index (χ1v) is 5.04. The molecule has 1 aliphatic rings. The van der Waals surface area contributed by atoms with Gasteiger partial charge in [0.15, 0.2) is 0 Å². The average Bonchev–Trinajstić information content (AvgIpc) is 2.33. The topological polar surface area (TPSA) is 70.0 Å². The molecule has 0 aromatic heterocycles. The summed E-state index contributed by atoms with van der Waals surface area (Å²) < 4.78 is 0. The maximum atomic E-state index is 11.2. The Morgan fingerprint density at radius 3 is 2.50 bits per heavy atom. The molecule has 0 spiro atoms. The third kappa shape index (κ3) is 1.94. The molecular weight excluding hydrogens is 204 g/mol. The van der Waals surface area contributed by atoms with E-state index in [-0.39, 0.29) is 18.2 Å². The van der Waals surface area contributed by atoms with Crippen LogP contribution in [0.4, 0.5) is 0 Å². The average molecular weight is 214 g/mol. The standard InChI is InChI=1S/C12H10N2O2/c13-7-8-1-3-9(4-2-8)10-5-6-11(15)12(16)14-10/h1-4,10H,5-6H2,(H,14,16). The Bertz CT molecular complexity index is 471. The SMILES string of the molecule is N#Cc1ccc(C2CCC(=O)C(=O)N2)cc1. The minimum Gasteiger partial charge on any atom is -0.343 e. The van der Waals surface area contributed by atoms with Gasteiger partial charge >= 0.3 is 0 Å². The highest BCUT2D eigenvalue weighted by atomic mass is 16.2. The number of rotatable bonds is 1. The van der Waals surface area contributed by atoms with Crippen LogP contribution in [0.3, 0.4) is 0 Å². The molecule has 0 bridgehead atoms. The zero-order chi connectivity index (χ0) is 11.5. The summed E-state index contributed by atoms with van der Waals surface area (Å²) in [5.41, 5.74) is 1.52. The van der Waals surface area contributed by atoms with Gasteiger partial charge in [0.2, 0.25) is 5.78 Å². The van der Waals surface area contributed by atoms with Gasteiger partial charge in [-0.25, -0.2) is 0 Å². The van der Waals surface area contributed by atoms with Crippen molar-refractivity contribution in [1.29, 1.82) is 5.26 Å². The van der Waals surface area contributed by atoms with Gasteiger partial charge in [-0.15, -0.1) is 0 Å². The molecule has 1 fully saturated rings. The second kappa shape index (κ2) is 4.15. The van der Waals surface area contributed by atoms with Crippen molar-refractivity contribution >= 4 is 11.7 Å². The number of hydrogen-bond donors (Lipinski definition) is 1. The highest BCUT2D eigenvalue weighted by molar-refractivity contribution is 6.36. The summed E-state index contributed by atoms with van der Waals surface area (Å²) >= 11 is 0. The number of benzene rings is 1. The van der Waals surface area contributed by atoms with Crippen molar-refractivity contribution in [2.45, 2.75) is 18.9 Å². The van der Waals surface area contributed by atoms with Crippen LogP contribution in [0.25, 0.3) is 0 Å². The van der Waals surface area contributed by atoms with Crippen molar-refractivity contribution in [1.82, 2.24) is 5.32 Å². The normalized spacial score (nSPS) is 20.1. The van der Waals surface area contributed by atoms with Gasteiger partial charge < -0.3 is 5.32 Å². The van der Waals surface area contributed by atoms with Crippen LogP contribution in [0.15, 0.2) is 24.3 Å². The lowest BCUT2D eigenvalue weighted by molar-refractivity contribution is -0.140. The van der Waals surface area contributed by atoms with Gasteiger partial charge in [-0.05, 0) is 24.1 Å². The number of ketones is 1. The molecule has 0 radical (unpaired) electrons. The van der Waals surface area contributed by atoms with Crippen LogP contribution in [0.5, 0.6) is 0 Å². The second-order valence-corrected chi connectivity index (χ2v) is 3.72. The molecular formula is C12H10N2O2. The minimum absolute atomic E-state index is 0.113. The Labute approximate surface area is 92.9 Å². The smallest absolute Gasteiger partial charge is 0.287 e. The molecule has 1 N–H and O–H groups in total. The van der Waals surface area contributed by atoms with E-state index in [0.717, 1.165) is 5.56 Å². The first-order valence-electron chi connectivity index (χ1n) is 5.04. The van der Waals surface area contributed by atoms with Crippen molar-refractivity contribution in [2.75, 3.05) is 0 Å². The van der Waals surface area contributed by atoms with E-state index < -0.39 is 5.91 Å². The summed E-state index contributed by atoms with van der Waals surface area (Å²) in [6.45, 7) is 0. The fraction of sp³-hybridized carbons (Fsp3) is 0.250. The minimum atomic E-state index is -0.513. The van der Waals surface area contributed by atoms with Gasteiger partial charge in [0.1, 0.15) is 0 Å². The molecule has 1 heterocycles. The van der Waals surface area contributed by atoms with Crippen LogP contribution in [0, 0.1) is 11.3 Å². The van der Waals surface area contributed by atoms with E-state index in [0.29, 0.717) is 12.0 Å². The maximum absolute atomic E-state index is 11.2. The molecule has 1 amide bonds. The Hall–Kier alpha value is -2.15. The highest BCUT2D eigenvalue weighted by Gasteiger charge is 2.26. The summed E-state index contributed by atoms with van der Waals surface area (Å²) in [5.74, 6) is -0.870. The molecule has 80 valence electrons. The Kier molecular flexibility index (Phi) is 2.69. The van der Waals surface area contributed by atoms with Crippen molar-refractivity contribution in [3.05, 3.63) is 35.4 Å². The number of Topliss-reactive ketones (excluding diaryl/α,β-unsaturated/α-hetero) is 1. The van der Waals surface area contributed by atoms with E-state index in [4.69, 9.17) is 5.26 Å². The Balaban J connectivity index is 2.16. The van der Waals surface area contributed by atoms with Crippen LogP contribution >= 0.6 is 0 Å². The number of amides is 1. The maximum Gasteiger partial charge on any atom is 0.287 e. The monoisotopic (exact) mass is 214 g/mol. The molecule has 4 heteroatoms. The summed E-state index contributed by atoms with van der Waals surface area (Å²) in [6.07, 6.45) is 0.910. The molecule has 4 nitrogen and oxygen atoms in total. The van der Waals surface area contributed by atoms with Crippen LogP contribution < -0.4 is 5.32 Å². The van der Waals surface area contributed by atoms with E-state index in [1.165, 1.54) is 0 Å². The highest BCUT2D eigenvalue weighted by Crippen LogP contribution is 2.22. The zero-order valence-corrected chi connectivity index (χ0v) is 8.56. The Morgan fingerprint density at radius 2 is 1.94 bits per heavy atom. The Morgan fingerprint density at radius 1 is 1.25 bits per heavy atom.